The lowest BCUT2D eigenvalue weighted by Gasteiger charge is -2.35. The summed E-state index contributed by atoms with van der Waals surface area (Å²) in [5.74, 6) is -6.18. The van der Waals surface area contributed by atoms with Gasteiger partial charge in [0.1, 0.15) is 18.1 Å². The van der Waals surface area contributed by atoms with E-state index in [2.05, 4.69) is 26.6 Å². The van der Waals surface area contributed by atoms with Gasteiger partial charge in [-0.3, -0.25) is 38.4 Å². The van der Waals surface area contributed by atoms with Crippen LogP contribution in [0.25, 0.3) is 0 Å². The van der Waals surface area contributed by atoms with Crippen molar-refractivity contribution in [2.75, 3.05) is 19.6 Å². The molecular weight excluding hydrogens is 718 g/mol. The molecule has 0 radical (unpaired) electrons. The Hall–Kier alpha value is -5.60. The van der Waals surface area contributed by atoms with E-state index in [1.165, 1.54) is 4.90 Å². The molecule has 2 aliphatic rings. The quantitative estimate of drug-likeness (QED) is 0.122. The molecule has 1 saturated carbocycles. The van der Waals surface area contributed by atoms with Crippen molar-refractivity contribution in [2.45, 2.75) is 96.3 Å². The second-order valence-corrected chi connectivity index (χ2v) is 14.9. The van der Waals surface area contributed by atoms with E-state index in [0.717, 1.165) is 32.1 Å². The van der Waals surface area contributed by atoms with Gasteiger partial charge in [-0.15, -0.1) is 0 Å². The van der Waals surface area contributed by atoms with Crippen molar-refractivity contribution in [3.05, 3.63) is 71.8 Å². The summed E-state index contributed by atoms with van der Waals surface area (Å²) in [4.78, 5) is 107. The van der Waals surface area contributed by atoms with Gasteiger partial charge in [0.05, 0.1) is 12.6 Å². The standard InChI is InChI=1S/C41H55N7O8/c1-4-14-30(35(50)40(55)44-23-32(49)46-33(36(42)51)27-15-8-5-9-16-27)45-39(54)31-21-26(22-43-38(53)29-19-12-7-13-20-29)24-48(31)41(56)34(47-37(52)25(2)3)28-17-10-6-11-18-28/h5,7-9,12-13,15-16,19-20,25-26,28,30-31,33-34H,4,6,10-11,14,17-18,21-24H2,1-3H3,(H2,42,51)(H,43,53)(H,44,55)(H,45,54)(H,46,49)(H,47,52)/t26-,30?,31-,33-,34-/m0/s1. The molecule has 15 nitrogen and oxygen atoms in total. The third-order valence-electron chi connectivity index (χ3n) is 10.3. The number of amides is 7. The van der Waals surface area contributed by atoms with E-state index in [9.17, 15) is 38.4 Å². The molecule has 1 saturated heterocycles. The summed E-state index contributed by atoms with van der Waals surface area (Å²) in [6, 6.07) is 12.6. The lowest BCUT2D eigenvalue weighted by molar-refractivity contribution is -0.144. The Morgan fingerprint density at radius 1 is 0.821 bits per heavy atom. The third-order valence-corrected chi connectivity index (χ3v) is 10.3. The molecule has 1 heterocycles. The topological polar surface area (TPSA) is 226 Å². The molecule has 1 aliphatic carbocycles. The number of Topliss-reactive ketones (excluding diaryl/α,β-unsaturated/α-hetero) is 1. The van der Waals surface area contributed by atoms with Crippen molar-refractivity contribution < 1.29 is 38.4 Å². The van der Waals surface area contributed by atoms with E-state index in [-0.39, 0.29) is 55.5 Å². The number of carbonyl (C=O) groups is 8. The Kier molecular flexibility index (Phi) is 16.1. The molecule has 5 atom stereocenters. The van der Waals surface area contributed by atoms with Crippen LogP contribution in [-0.4, -0.2) is 89.8 Å². The number of hydrogen-bond acceptors (Lipinski definition) is 8. The molecule has 2 aromatic carbocycles. The fourth-order valence-electron chi connectivity index (χ4n) is 7.25. The Balaban J connectivity index is 1.49. The summed E-state index contributed by atoms with van der Waals surface area (Å²) in [7, 11) is 0. The van der Waals surface area contributed by atoms with Gasteiger partial charge in [-0.1, -0.05) is 95.0 Å². The van der Waals surface area contributed by atoms with E-state index in [0.29, 0.717) is 17.5 Å². The maximum atomic E-state index is 14.5. The highest BCUT2D eigenvalue weighted by Crippen LogP contribution is 2.31. The number of rotatable bonds is 18. The van der Waals surface area contributed by atoms with Crippen LogP contribution in [0.1, 0.15) is 94.1 Å². The molecule has 0 bridgehead atoms. The van der Waals surface area contributed by atoms with Gasteiger partial charge in [-0.2, -0.15) is 0 Å². The van der Waals surface area contributed by atoms with Crippen molar-refractivity contribution in [2.24, 2.45) is 23.5 Å². The second kappa shape index (κ2) is 20.9. The predicted molar refractivity (Wildman–Crippen MR) is 207 cm³/mol. The molecule has 56 heavy (non-hydrogen) atoms. The third kappa shape index (κ3) is 11.9. The molecule has 7 amide bonds. The minimum absolute atomic E-state index is 0.0916. The van der Waals surface area contributed by atoms with Gasteiger partial charge < -0.3 is 37.2 Å². The van der Waals surface area contributed by atoms with Crippen molar-refractivity contribution in [1.29, 1.82) is 0 Å². The van der Waals surface area contributed by atoms with E-state index in [4.69, 9.17) is 5.73 Å². The first-order chi connectivity index (χ1) is 26.8. The SMILES string of the molecule is CCCC(NC(=O)[C@@H]1C[C@@H](CNC(=O)c2ccccc2)CN1C(=O)[C@@H](NC(=O)C(C)C)C1CCCCC1)C(=O)C(=O)NCC(=O)N[C@H](C(N)=O)c1ccccc1. The maximum Gasteiger partial charge on any atom is 0.290 e. The Morgan fingerprint density at radius 2 is 1.46 bits per heavy atom. The summed E-state index contributed by atoms with van der Waals surface area (Å²) in [5.41, 5.74) is 6.37. The van der Waals surface area contributed by atoms with Crippen molar-refractivity contribution >= 4 is 47.1 Å². The number of nitrogens with one attached hydrogen (secondary N) is 5. The molecule has 1 unspecified atom stereocenters. The van der Waals surface area contributed by atoms with Crippen LogP contribution in [0, 0.1) is 17.8 Å². The summed E-state index contributed by atoms with van der Waals surface area (Å²) in [6.45, 7) is 4.89. The lowest BCUT2D eigenvalue weighted by atomic mass is 9.83. The van der Waals surface area contributed by atoms with E-state index in [1.54, 1.807) is 81.4 Å². The number of nitrogens with two attached hydrogens (primary N) is 1. The minimum atomic E-state index is -1.28. The first-order valence-electron chi connectivity index (χ1n) is 19.5. The Labute approximate surface area is 327 Å². The van der Waals surface area contributed by atoms with Crippen LogP contribution in [-0.2, 0) is 33.6 Å². The van der Waals surface area contributed by atoms with Gasteiger partial charge in [0.2, 0.25) is 35.3 Å². The Bertz CT molecular complexity index is 1710. The van der Waals surface area contributed by atoms with Crippen LogP contribution < -0.4 is 32.3 Å². The van der Waals surface area contributed by atoms with Crippen molar-refractivity contribution in [1.82, 2.24) is 31.5 Å². The number of benzene rings is 2. The summed E-state index contributed by atoms with van der Waals surface area (Å²) < 4.78 is 0. The monoisotopic (exact) mass is 773 g/mol. The number of likely N-dealkylation sites (tertiary alicyclic amines) is 1. The van der Waals surface area contributed by atoms with E-state index >= 15 is 0 Å². The van der Waals surface area contributed by atoms with Gasteiger partial charge in [-0.05, 0) is 55.2 Å². The van der Waals surface area contributed by atoms with Gasteiger partial charge in [0, 0.05) is 24.6 Å². The number of hydrogen-bond donors (Lipinski definition) is 6. The largest absolute Gasteiger partial charge is 0.368 e. The fraction of sp³-hybridized carbons (Fsp3) is 0.512. The van der Waals surface area contributed by atoms with Crippen LogP contribution in [0.15, 0.2) is 60.7 Å². The molecule has 7 N–H and O–H groups in total. The van der Waals surface area contributed by atoms with E-state index in [1.807, 2.05) is 0 Å². The molecule has 0 aromatic heterocycles. The normalized spacial score (nSPS) is 18.5. The molecule has 15 heteroatoms. The predicted octanol–water partition coefficient (Wildman–Crippen LogP) is 1.67. The highest BCUT2D eigenvalue weighted by atomic mass is 16.2. The molecule has 0 spiro atoms. The fourth-order valence-corrected chi connectivity index (χ4v) is 7.25. The molecule has 4 rings (SSSR count). The van der Waals surface area contributed by atoms with Crippen LogP contribution in [0.4, 0.5) is 0 Å². The van der Waals surface area contributed by atoms with Crippen LogP contribution in [0.5, 0.6) is 0 Å². The first-order valence-corrected chi connectivity index (χ1v) is 19.5. The molecule has 2 fully saturated rings. The first kappa shape index (κ1) is 43.1. The van der Waals surface area contributed by atoms with E-state index < -0.39 is 66.0 Å². The highest BCUT2D eigenvalue weighted by molar-refractivity contribution is 6.38. The number of primary amides is 1. The van der Waals surface area contributed by atoms with Gasteiger partial charge in [0.25, 0.3) is 11.8 Å². The number of nitrogens with zero attached hydrogens (tertiary/aromatic N) is 1. The zero-order chi connectivity index (χ0) is 40.8. The highest BCUT2D eigenvalue weighted by Gasteiger charge is 2.45. The smallest absolute Gasteiger partial charge is 0.290 e. The molecule has 1 aliphatic heterocycles. The summed E-state index contributed by atoms with van der Waals surface area (Å²) >= 11 is 0. The second-order valence-electron chi connectivity index (χ2n) is 14.9. The molecule has 302 valence electrons. The number of carbonyl (C=O) groups excluding carboxylic acids is 8. The Morgan fingerprint density at radius 3 is 2.07 bits per heavy atom. The molecule has 2 aromatic rings. The maximum absolute atomic E-state index is 14.5. The average Bonchev–Trinajstić information content (AvgIpc) is 3.64. The van der Waals surface area contributed by atoms with Crippen LogP contribution >= 0.6 is 0 Å². The van der Waals surface area contributed by atoms with Gasteiger partial charge in [-0.25, -0.2) is 0 Å². The summed E-state index contributed by atoms with van der Waals surface area (Å²) in [6.07, 6.45) is 4.99. The van der Waals surface area contributed by atoms with Crippen molar-refractivity contribution in [3.8, 4) is 0 Å². The zero-order valence-corrected chi connectivity index (χ0v) is 32.4. The van der Waals surface area contributed by atoms with Gasteiger partial charge >= 0.3 is 0 Å². The summed E-state index contributed by atoms with van der Waals surface area (Å²) in [5, 5.41) is 13.3. The van der Waals surface area contributed by atoms with Gasteiger partial charge in [0.15, 0.2) is 0 Å². The lowest BCUT2D eigenvalue weighted by Crippen LogP contribution is -2.58. The molecular formula is C41H55N7O8. The number of ketones is 1. The minimum Gasteiger partial charge on any atom is -0.368 e. The van der Waals surface area contributed by atoms with Crippen LogP contribution in [0.3, 0.4) is 0 Å². The van der Waals surface area contributed by atoms with Crippen LogP contribution in [0.2, 0.25) is 0 Å². The van der Waals surface area contributed by atoms with Crippen molar-refractivity contribution in [3.63, 3.8) is 0 Å². The zero-order valence-electron chi connectivity index (χ0n) is 32.4. The average molecular weight is 774 g/mol.